The van der Waals surface area contributed by atoms with Crippen LogP contribution in [0.3, 0.4) is 0 Å². The molecule has 0 unspecified atom stereocenters. The number of nitrogens with one attached hydrogen (secondary N) is 1. The third-order valence-corrected chi connectivity index (χ3v) is 14.6. The van der Waals surface area contributed by atoms with E-state index in [1.165, 1.54) is 12.1 Å². The van der Waals surface area contributed by atoms with Crippen LogP contribution in [-0.4, -0.2) is 71.0 Å². The van der Waals surface area contributed by atoms with Crippen molar-refractivity contribution in [3.8, 4) is 5.75 Å². The summed E-state index contributed by atoms with van der Waals surface area (Å²) in [5.74, 6) is 0.0465. The van der Waals surface area contributed by atoms with Gasteiger partial charge in [0.2, 0.25) is 0 Å². The molecule has 2 aliphatic heterocycles. The quantitative estimate of drug-likeness (QED) is 0.191. The minimum atomic E-state index is -2.32. The van der Waals surface area contributed by atoms with E-state index in [4.69, 9.17) is 9.47 Å². The molecular formula is C37H45N5O6Si. The number of amides is 2. The smallest absolute Gasteiger partial charge is 0.264 e. The molecule has 1 fully saturated rings. The first-order chi connectivity index (χ1) is 23.5. The lowest BCUT2D eigenvalue weighted by Gasteiger charge is -2.37. The van der Waals surface area contributed by atoms with Crippen molar-refractivity contribution in [1.29, 1.82) is 0 Å². The molecule has 0 radical (unpaired) electrons. The number of nitrogens with zero attached hydrogens (tertiary/aromatic N) is 4. The molecule has 5 atom stereocenters. The molecule has 3 heterocycles. The van der Waals surface area contributed by atoms with Gasteiger partial charge in [0.15, 0.2) is 5.60 Å². The Morgan fingerprint density at radius 2 is 1.88 bits per heavy atom. The summed E-state index contributed by atoms with van der Waals surface area (Å²) in [5, 5.41) is 31.6. The number of hydrogen-bond donors (Lipinski definition) is 3. The maximum absolute atomic E-state index is 15.0. The van der Waals surface area contributed by atoms with E-state index in [1.54, 1.807) is 22.8 Å². The van der Waals surface area contributed by atoms with Gasteiger partial charge in [-0.2, -0.15) is 0 Å². The third kappa shape index (κ3) is 6.41. The SMILES string of the molecule is COc1ccc([Si](C)(C)[C@H]2[C@H](CCn3cc(CCO)nn3)O[C@@]3(C(=O)N(Cc4cccc(NC(=O)[C@H](C)O)c4)c4ccccc43)[C@@H]2C)cc1. The lowest BCUT2D eigenvalue weighted by Crippen LogP contribution is -2.51. The molecule has 2 amide bonds. The summed E-state index contributed by atoms with van der Waals surface area (Å²) in [7, 11) is -0.653. The van der Waals surface area contributed by atoms with Crippen LogP contribution < -0.4 is 20.1 Å². The topological polar surface area (TPSA) is 139 Å². The second-order valence-electron chi connectivity index (χ2n) is 13.7. The van der Waals surface area contributed by atoms with E-state index in [1.807, 2.05) is 60.8 Å². The fourth-order valence-corrected chi connectivity index (χ4v) is 11.9. The maximum atomic E-state index is 15.0. The summed E-state index contributed by atoms with van der Waals surface area (Å²) in [6.45, 7) is 9.15. The van der Waals surface area contributed by atoms with Crippen LogP contribution in [0.1, 0.15) is 37.1 Å². The Kier molecular flexibility index (Phi) is 9.76. The van der Waals surface area contributed by atoms with Crippen molar-refractivity contribution in [3.63, 3.8) is 0 Å². The number of aliphatic hydroxyl groups is 2. The molecule has 3 N–H and O–H groups in total. The number of carbonyl (C=O) groups excluding carboxylic acids is 2. The second kappa shape index (κ2) is 13.9. The third-order valence-electron chi connectivity index (χ3n) is 10.3. The van der Waals surface area contributed by atoms with Crippen LogP contribution in [0.25, 0.3) is 0 Å². The molecule has 0 aliphatic carbocycles. The highest BCUT2D eigenvalue weighted by Gasteiger charge is 2.66. The summed E-state index contributed by atoms with van der Waals surface area (Å²) in [6, 6.07) is 23.5. The standard InChI is InChI=1S/C37H45N5O6Si/c1-24-34(49(4,5)30-15-13-29(47-3)14-16-30)33(17-19-41-23-28(18-20-43)39-40-41)48-37(24)31-11-6-7-12-32(31)42(36(37)46)22-26-9-8-10-27(21-26)38-35(45)25(2)44/h6-16,21,23-25,33-34,43-44H,17-20,22H2,1-5H3,(H,38,45)/t24-,25+,33+,34-,37+/m1/s1. The van der Waals surface area contributed by atoms with Crippen molar-refractivity contribution in [1.82, 2.24) is 15.0 Å². The van der Waals surface area contributed by atoms with Gasteiger partial charge in [0.1, 0.15) is 11.9 Å². The van der Waals surface area contributed by atoms with E-state index in [2.05, 4.69) is 47.8 Å². The van der Waals surface area contributed by atoms with E-state index >= 15 is 0 Å². The summed E-state index contributed by atoms with van der Waals surface area (Å²) in [5.41, 5.74) is 2.67. The number of aryl methyl sites for hydroxylation is 1. The van der Waals surface area contributed by atoms with Crippen molar-refractivity contribution in [2.24, 2.45) is 5.92 Å². The molecule has 1 spiro atoms. The first kappa shape index (κ1) is 34.5. The largest absolute Gasteiger partial charge is 0.497 e. The Morgan fingerprint density at radius 3 is 2.59 bits per heavy atom. The number of rotatable bonds is 12. The average molecular weight is 684 g/mol. The number of para-hydroxylation sites is 1. The van der Waals surface area contributed by atoms with Gasteiger partial charge in [-0.3, -0.25) is 14.3 Å². The molecule has 0 bridgehead atoms. The molecule has 6 rings (SSSR count). The van der Waals surface area contributed by atoms with Gasteiger partial charge >= 0.3 is 0 Å². The number of fused-ring (bicyclic) bond motifs is 2. The van der Waals surface area contributed by atoms with Crippen LogP contribution in [0.4, 0.5) is 11.4 Å². The fourth-order valence-electron chi connectivity index (χ4n) is 7.81. The van der Waals surface area contributed by atoms with Gasteiger partial charge in [-0.15, -0.1) is 5.10 Å². The predicted octanol–water partition coefficient (Wildman–Crippen LogP) is 3.99. The Balaban J connectivity index is 1.36. The molecule has 49 heavy (non-hydrogen) atoms. The van der Waals surface area contributed by atoms with Crippen LogP contribution in [0, 0.1) is 5.92 Å². The highest BCUT2D eigenvalue weighted by atomic mass is 28.3. The molecule has 11 nitrogen and oxygen atoms in total. The molecule has 258 valence electrons. The molecule has 4 aromatic rings. The molecule has 1 aromatic heterocycles. The summed E-state index contributed by atoms with van der Waals surface area (Å²) < 4.78 is 14.5. The Bertz CT molecular complexity index is 1810. The monoisotopic (exact) mass is 683 g/mol. The van der Waals surface area contributed by atoms with E-state index < -0.39 is 25.7 Å². The van der Waals surface area contributed by atoms with Gasteiger partial charge < -0.3 is 29.9 Å². The summed E-state index contributed by atoms with van der Waals surface area (Å²) in [4.78, 5) is 29.0. The number of methoxy groups -OCH3 is 1. The van der Waals surface area contributed by atoms with Crippen LogP contribution in [0.15, 0.2) is 79.0 Å². The van der Waals surface area contributed by atoms with Gasteiger partial charge in [-0.1, -0.05) is 72.9 Å². The highest BCUT2D eigenvalue weighted by molar-refractivity contribution is 6.91. The number of benzene rings is 3. The zero-order valence-corrected chi connectivity index (χ0v) is 29.7. The normalized spacial score (nSPS) is 22.4. The molecule has 3 aromatic carbocycles. The molecule has 1 saturated heterocycles. The van der Waals surface area contributed by atoms with Crippen LogP contribution in [-0.2, 0) is 39.4 Å². The molecular weight excluding hydrogens is 639 g/mol. The number of carbonyl (C=O) groups is 2. The zero-order chi connectivity index (χ0) is 34.9. The average Bonchev–Trinajstić information content (AvgIpc) is 3.74. The number of anilines is 2. The first-order valence-electron chi connectivity index (χ1n) is 16.8. The van der Waals surface area contributed by atoms with Gasteiger partial charge in [0, 0.05) is 42.9 Å². The summed E-state index contributed by atoms with van der Waals surface area (Å²) in [6.07, 6.45) is 1.54. The van der Waals surface area contributed by atoms with Crippen molar-refractivity contribution in [2.45, 2.75) is 76.2 Å². The second-order valence-corrected chi connectivity index (χ2v) is 18.4. The lowest BCUT2D eigenvalue weighted by molar-refractivity contribution is -0.146. The fraction of sp³-hybridized carbons (Fsp3) is 0.405. The lowest BCUT2D eigenvalue weighted by atomic mass is 9.82. The van der Waals surface area contributed by atoms with Gasteiger partial charge in [-0.25, -0.2) is 0 Å². The first-order valence-corrected chi connectivity index (χ1v) is 19.9. The minimum Gasteiger partial charge on any atom is -0.497 e. The van der Waals surface area contributed by atoms with Crippen molar-refractivity contribution < 1.29 is 29.3 Å². The van der Waals surface area contributed by atoms with Gasteiger partial charge in [0.25, 0.3) is 11.8 Å². The van der Waals surface area contributed by atoms with Crippen molar-refractivity contribution in [3.05, 3.63) is 95.8 Å². The Morgan fingerprint density at radius 1 is 1.12 bits per heavy atom. The van der Waals surface area contributed by atoms with E-state index in [0.717, 1.165) is 28.3 Å². The Hall–Kier alpha value is -4.36. The Labute approximate surface area is 287 Å². The van der Waals surface area contributed by atoms with Crippen molar-refractivity contribution in [2.75, 3.05) is 23.9 Å². The van der Waals surface area contributed by atoms with E-state index in [0.29, 0.717) is 25.1 Å². The number of ether oxygens (including phenoxy) is 2. The zero-order valence-electron chi connectivity index (χ0n) is 28.7. The molecule has 2 aliphatic rings. The van der Waals surface area contributed by atoms with Crippen LogP contribution >= 0.6 is 0 Å². The summed E-state index contributed by atoms with van der Waals surface area (Å²) >= 11 is 0. The number of aliphatic hydroxyl groups excluding tert-OH is 2. The van der Waals surface area contributed by atoms with Crippen LogP contribution in [0.5, 0.6) is 5.75 Å². The van der Waals surface area contributed by atoms with E-state index in [9.17, 15) is 19.8 Å². The van der Waals surface area contributed by atoms with E-state index in [-0.39, 0.29) is 36.6 Å². The van der Waals surface area contributed by atoms with Crippen molar-refractivity contribution >= 4 is 36.4 Å². The minimum absolute atomic E-state index is 0.00695. The number of hydrogen-bond acceptors (Lipinski definition) is 8. The number of aromatic nitrogens is 3. The van der Waals surface area contributed by atoms with Gasteiger partial charge in [-0.05, 0) is 54.8 Å². The predicted molar refractivity (Wildman–Crippen MR) is 189 cm³/mol. The maximum Gasteiger partial charge on any atom is 0.264 e. The molecule has 0 saturated carbocycles. The highest BCUT2D eigenvalue weighted by Crippen LogP contribution is 2.60. The molecule has 12 heteroatoms. The van der Waals surface area contributed by atoms with Crippen LogP contribution in [0.2, 0.25) is 18.6 Å². The van der Waals surface area contributed by atoms with Gasteiger partial charge in [0.05, 0.1) is 39.2 Å².